The van der Waals surface area contributed by atoms with Crippen LogP contribution in [-0.4, -0.2) is 22.0 Å². The summed E-state index contributed by atoms with van der Waals surface area (Å²) in [5.74, 6) is 0.923. The highest BCUT2D eigenvalue weighted by molar-refractivity contribution is 5.25. The van der Waals surface area contributed by atoms with E-state index in [0.717, 1.165) is 30.0 Å². The average molecular weight is 234 g/mol. The minimum absolute atomic E-state index is 0.00606. The first-order valence-corrected chi connectivity index (χ1v) is 5.87. The van der Waals surface area contributed by atoms with Crippen molar-refractivity contribution in [2.75, 3.05) is 7.05 Å². The van der Waals surface area contributed by atoms with E-state index < -0.39 is 0 Å². The van der Waals surface area contributed by atoms with Gasteiger partial charge in [0.2, 0.25) is 0 Å². The highest BCUT2D eigenvalue weighted by Crippen LogP contribution is 2.24. The van der Waals surface area contributed by atoms with Crippen molar-refractivity contribution in [1.29, 1.82) is 0 Å². The number of aromatic nitrogens is 3. The van der Waals surface area contributed by atoms with Crippen LogP contribution >= 0.6 is 0 Å². The molecule has 17 heavy (non-hydrogen) atoms. The second-order valence-electron chi connectivity index (χ2n) is 4.07. The maximum Gasteiger partial charge on any atom is 0.129 e. The van der Waals surface area contributed by atoms with E-state index in [2.05, 4.69) is 22.6 Å². The van der Waals surface area contributed by atoms with Gasteiger partial charge in [0.1, 0.15) is 11.8 Å². The normalized spacial score (nSPS) is 12.9. The molecule has 5 nitrogen and oxygen atoms in total. The number of nitrogens with one attached hydrogen (secondary N) is 1. The van der Waals surface area contributed by atoms with E-state index in [0.29, 0.717) is 0 Å². The molecule has 0 amide bonds. The molecule has 1 N–H and O–H groups in total. The molecule has 0 aliphatic carbocycles. The second-order valence-corrected chi connectivity index (χ2v) is 4.07. The van der Waals surface area contributed by atoms with Crippen molar-refractivity contribution in [3.63, 3.8) is 0 Å². The predicted molar refractivity (Wildman–Crippen MR) is 64.7 cm³/mol. The zero-order valence-corrected chi connectivity index (χ0v) is 10.5. The molecule has 2 aromatic heterocycles. The van der Waals surface area contributed by atoms with Gasteiger partial charge in [0.05, 0.1) is 18.2 Å². The summed E-state index contributed by atoms with van der Waals surface area (Å²) in [5.41, 5.74) is 2.17. The molecule has 1 unspecified atom stereocenters. The average Bonchev–Trinajstić information content (AvgIpc) is 2.92. The third kappa shape index (κ3) is 2.24. The summed E-state index contributed by atoms with van der Waals surface area (Å²) >= 11 is 0. The minimum atomic E-state index is 0.00606. The van der Waals surface area contributed by atoms with Crippen molar-refractivity contribution >= 4 is 0 Å². The molecule has 0 radical (unpaired) electrons. The number of nitrogens with zero attached hydrogens (tertiary/aromatic N) is 3. The standard InChI is InChI=1S/C12H18N4O/c1-4-6-16-10(8-14-15-16)11(13-3)12-9(2)5-7-17-12/h5,7-8,11,13H,4,6H2,1-3H3. The first-order valence-electron chi connectivity index (χ1n) is 5.87. The third-order valence-corrected chi connectivity index (χ3v) is 2.83. The molecule has 0 saturated carbocycles. The van der Waals surface area contributed by atoms with Crippen molar-refractivity contribution in [2.45, 2.75) is 32.9 Å². The van der Waals surface area contributed by atoms with Gasteiger partial charge in [-0.2, -0.15) is 0 Å². The van der Waals surface area contributed by atoms with Crippen molar-refractivity contribution in [2.24, 2.45) is 0 Å². The molecule has 0 saturated heterocycles. The van der Waals surface area contributed by atoms with Crippen molar-refractivity contribution in [1.82, 2.24) is 20.3 Å². The zero-order chi connectivity index (χ0) is 12.3. The summed E-state index contributed by atoms with van der Waals surface area (Å²) in [4.78, 5) is 0. The fourth-order valence-electron chi connectivity index (χ4n) is 1.97. The first kappa shape index (κ1) is 11.9. The topological polar surface area (TPSA) is 55.9 Å². The molecule has 0 aliphatic heterocycles. The smallest absolute Gasteiger partial charge is 0.129 e. The van der Waals surface area contributed by atoms with Crippen LogP contribution in [0.2, 0.25) is 0 Å². The zero-order valence-electron chi connectivity index (χ0n) is 10.5. The summed E-state index contributed by atoms with van der Waals surface area (Å²) in [5, 5.41) is 11.3. The molecule has 0 fully saturated rings. The lowest BCUT2D eigenvalue weighted by molar-refractivity contribution is 0.436. The second kappa shape index (κ2) is 5.14. The van der Waals surface area contributed by atoms with Crippen molar-refractivity contribution in [3.05, 3.63) is 35.5 Å². The third-order valence-electron chi connectivity index (χ3n) is 2.83. The molecule has 92 valence electrons. The van der Waals surface area contributed by atoms with E-state index in [1.165, 1.54) is 0 Å². The highest BCUT2D eigenvalue weighted by atomic mass is 16.3. The molecule has 2 rings (SSSR count). The lowest BCUT2D eigenvalue weighted by atomic mass is 10.1. The Balaban J connectivity index is 2.35. The van der Waals surface area contributed by atoms with Crippen molar-refractivity contribution < 1.29 is 4.42 Å². The van der Waals surface area contributed by atoms with Gasteiger partial charge in [-0.25, -0.2) is 4.68 Å². The quantitative estimate of drug-likeness (QED) is 0.858. The molecule has 5 heteroatoms. The van der Waals surface area contributed by atoms with Crippen LogP contribution in [-0.2, 0) is 6.54 Å². The molecule has 1 atom stereocenters. The van der Waals surface area contributed by atoms with Crippen LogP contribution in [0.3, 0.4) is 0 Å². The summed E-state index contributed by atoms with van der Waals surface area (Å²) in [6.07, 6.45) is 4.53. The number of hydrogen-bond acceptors (Lipinski definition) is 4. The minimum Gasteiger partial charge on any atom is -0.467 e. The Labute approximate surface area is 101 Å². The lowest BCUT2D eigenvalue weighted by Gasteiger charge is -2.15. The molecule has 0 aliphatic rings. The summed E-state index contributed by atoms with van der Waals surface area (Å²) in [6, 6.07) is 1.97. The fourth-order valence-corrected chi connectivity index (χ4v) is 1.97. The molecule has 2 aromatic rings. The van der Waals surface area contributed by atoms with Gasteiger partial charge in [0, 0.05) is 6.54 Å². The monoisotopic (exact) mass is 234 g/mol. The Morgan fingerprint density at radius 3 is 2.94 bits per heavy atom. The fraction of sp³-hybridized carbons (Fsp3) is 0.500. The SMILES string of the molecule is CCCn1nncc1C(NC)c1occc1C. The van der Waals surface area contributed by atoms with Gasteiger partial charge in [-0.3, -0.25) is 0 Å². The molecular formula is C12H18N4O. The van der Waals surface area contributed by atoms with Gasteiger partial charge in [-0.1, -0.05) is 12.1 Å². The number of hydrogen-bond donors (Lipinski definition) is 1. The van der Waals surface area contributed by atoms with Gasteiger partial charge >= 0.3 is 0 Å². The summed E-state index contributed by atoms with van der Waals surface area (Å²) in [6.45, 7) is 5.03. The maximum atomic E-state index is 5.54. The highest BCUT2D eigenvalue weighted by Gasteiger charge is 2.21. The number of furan rings is 1. The molecule has 2 heterocycles. The molecular weight excluding hydrogens is 216 g/mol. The van der Waals surface area contributed by atoms with Gasteiger partial charge in [0.15, 0.2) is 0 Å². The van der Waals surface area contributed by atoms with Crippen LogP contribution in [0.1, 0.15) is 36.4 Å². The number of aryl methyl sites for hydroxylation is 2. The van der Waals surface area contributed by atoms with Crippen LogP contribution in [0.5, 0.6) is 0 Å². The van der Waals surface area contributed by atoms with E-state index >= 15 is 0 Å². The van der Waals surface area contributed by atoms with E-state index in [1.54, 1.807) is 12.5 Å². The van der Waals surface area contributed by atoms with E-state index in [1.807, 2.05) is 24.7 Å². The molecule has 0 aromatic carbocycles. The van der Waals surface area contributed by atoms with Crippen LogP contribution in [0.15, 0.2) is 22.9 Å². The predicted octanol–water partition coefficient (Wildman–Crippen LogP) is 1.90. The lowest BCUT2D eigenvalue weighted by Crippen LogP contribution is -2.21. The maximum absolute atomic E-state index is 5.54. The Bertz CT molecular complexity index is 474. The van der Waals surface area contributed by atoms with Crippen LogP contribution in [0.4, 0.5) is 0 Å². The Morgan fingerprint density at radius 1 is 1.53 bits per heavy atom. The Hall–Kier alpha value is -1.62. The van der Waals surface area contributed by atoms with E-state index in [-0.39, 0.29) is 6.04 Å². The largest absolute Gasteiger partial charge is 0.467 e. The van der Waals surface area contributed by atoms with Crippen LogP contribution < -0.4 is 5.32 Å². The Kier molecular flexibility index (Phi) is 3.58. The van der Waals surface area contributed by atoms with Crippen molar-refractivity contribution in [3.8, 4) is 0 Å². The molecule has 0 spiro atoms. The van der Waals surface area contributed by atoms with Crippen LogP contribution in [0.25, 0.3) is 0 Å². The molecule has 0 bridgehead atoms. The Morgan fingerprint density at radius 2 is 2.35 bits per heavy atom. The summed E-state index contributed by atoms with van der Waals surface area (Å²) < 4.78 is 7.46. The van der Waals surface area contributed by atoms with Gasteiger partial charge < -0.3 is 9.73 Å². The van der Waals surface area contributed by atoms with Gasteiger partial charge in [-0.05, 0) is 32.0 Å². The summed E-state index contributed by atoms with van der Waals surface area (Å²) in [7, 11) is 1.91. The number of rotatable bonds is 5. The first-order chi connectivity index (χ1) is 8.27. The van der Waals surface area contributed by atoms with Gasteiger partial charge in [-0.15, -0.1) is 5.10 Å². The van der Waals surface area contributed by atoms with Gasteiger partial charge in [0.25, 0.3) is 0 Å². The van der Waals surface area contributed by atoms with Crippen LogP contribution in [0, 0.1) is 6.92 Å². The van der Waals surface area contributed by atoms with E-state index in [4.69, 9.17) is 4.42 Å². The van der Waals surface area contributed by atoms with E-state index in [9.17, 15) is 0 Å².